The first-order chi connectivity index (χ1) is 12.4. The highest BCUT2D eigenvalue weighted by molar-refractivity contribution is 7.93. The molecule has 0 radical (unpaired) electrons. The van der Waals surface area contributed by atoms with Gasteiger partial charge in [-0.1, -0.05) is 20.3 Å². The van der Waals surface area contributed by atoms with Crippen molar-refractivity contribution in [1.82, 2.24) is 15.5 Å². The van der Waals surface area contributed by atoms with Crippen molar-refractivity contribution in [3.05, 3.63) is 0 Å². The third-order valence-electron chi connectivity index (χ3n) is 5.83. The predicted molar refractivity (Wildman–Crippen MR) is 98.1 cm³/mol. The maximum atomic E-state index is 12.7. The molecule has 0 aromatic heterocycles. The van der Waals surface area contributed by atoms with Crippen LogP contribution in [0.1, 0.15) is 47.5 Å². The van der Waals surface area contributed by atoms with Crippen LogP contribution in [0.4, 0.5) is 0 Å². The SMILES string of the molecule is CCC(C)C(CO)NC(=O)C(C)NC(=O)C1N2C(=O)CC2S(=O)(=O)C1(C)C. The van der Waals surface area contributed by atoms with Crippen molar-refractivity contribution in [1.29, 1.82) is 0 Å². The third kappa shape index (κ3) is 3.44. The van der Waals surface area contributed by atoms with Crippen molar-refractivity contribution in [2.24, 2.45) is 5.92 Å². The summed E-state index contributed by atoms with van der Waals surface area (Å²) in [5, 5.41) is 13.7. The van der Waals surface area contributed by atoms with E-state index in [0.717, 1.165) is 11.3 Å². The zero-order chi connectivity index (χ0) is 20.7. The Labute approximate surface area is 159 Å². The van der Waals surface area contributed by atoms with Gasteiger partial charge in [0.25, 0.3) is 0 Å². The average molecular weight is 404 g/mol. The van der Waals surface area contributed by atoms with E-state index in [1.165, 1.54) is 20.8 Å². The van der Waals surface area contributed by atoms with Gasteiger partial charge in [0.05, 0.1) is 23.8 Å². The Kier molecular flexibility index (Phi) is 5.91. The van der Waals surface area contributed by atoms with Crippen LogP contribution < -0.4 is 10.6 Å². The smallest absolute Gasteiger partial charge is 0.245 e. The number of carbonyl (C=O) groups is 3. The van der Waals surface area contributed by atoms with E-state index in [0.29, 0.717) is 0 Å². The summed E-state index contributed by atoms with van der Waals surface area (Å²) in [6.45, 7) is 7.93. The Morgan fingerprint density at radius 1 is 1.30 bits per heavy atom. The topological polar surface area (TPSA) is 133 Å². The van der Waals surface area contributed by atoms with E-state index >= 15 is 0 Å². The molecule has 3 N–H and O–H groups in total. The molecule has 0 bridgehead atoms. The van der Waals surface area contributed by atoms with Crippen molar-refractivity contribution in [2.45, 2.75) is 75.7 Å². The van der Waals surface area contributed by atoms with Gasteiger partial charge >= 0.3 is 0 Å². The van der Waals surface area contributed by atoms with Gasteiger partial charge in [0, 0.05) is 0 Å². The van der Waals surface area contributed by atoms with Crippen molar-refractivity contribution in [2.75, 3.05) is 6.61 Å². The molecule has 2 heterocycles. The molecule has 2 fully saturated rings. The lowest BCUT2D eigenvalue weighted by molar-refractivity contribution is -0.150. The second-order valence-corrected chi connectivity index (χ2v) is 10.6. The summed E-state index contributed by atoms with van der Waals surface area (Å²) in [7, 11) is -3.68. The molecule has 5 unspecified atom stereocenters. The molecule has 0 aromatic rings. The van der Waals surface area contributed by atoms with Gasteiger partial charge in [-0.3, -0.25) is 14.4 Å². The highest BCUT2D eigenvalue weighted by Crippen LogP contribution is 2.45. The van der Waals surface area contributed by atoms with Crippen LogP contribution in [0.2, 0.25) is 0 Å². The molecular weight excluding hydrogens is 374 g/mol. The van der Waals surface area contributed by atoms with E-state index in [-0.39, 0.29) is 24.9 Å². The van der Waals surface area contributed by atoms with Crippen molar-refractivity contribution in [3.63, 3.8) is 0 Å². The molecule has 5 atom stereocenters. The monoisotopic (exact) mass is 403 g/mol. The maximum Gasteiger partial charge on any atom is 0.245 e. The number of fused-ring (bicyclic) bond motifs is 1. The zero-order valence-electron chi connectivity index (χ0n) is 16.4. The summed E-state index contributed by atoms with van der Waals surface area (Å²) in [4.78, 5) is 38.1. The van der Waals surface area contributed by atoms with E-state index in [1.807, 2.05) is 13.8 Å². The number of aliphatic hydroxyl groups excluding tert-OH is 1. The van der Waals surface area contributed by atoms with Crippen molar-refractivity contribution in [3.8, 4) is 0 Å². The second kappa shape index (κ2) is 7.38. The van der Waals surface area contributed by atoms with Gasteiger partial charge in [0.2, 0.25) is 17.7 Å². The van der Waals surface area contributed by atoms with E-state index < -0.39 is 49.9 Å². The molecular formula is C17H29N3O6S. The number of rotatable bonds is 7. The number of β-lactam (4-membered cyclic amide) rings is 1. The van der Waals surface area contributed by atoms with Crippen LogP contribution in [0.3, 0.4) is 0 Å². The first-order valence-corrected chi connectivity index (χ1v) is 10.7. The highest BCUT2D eigenvalue weighted by Gasteiger charge is 2.67. The molecule has 0 saturated carbocycles. The summed E-state index contributed by atoms with van der Waals surface area (Å²) < 4.78 is 23.7. The Balaban J connectivity index is 2.10. The predicted octanol–water partition coefficient (Wildman–Crippen LogP) is -0.852. The maximum absolute atomic E-state index is 12.7. The summed E-state index contributed by atoms with van der Waals surface area (Å²) in [5.41, 5.74) is 0. The first-order valence-electron chi connectivity index (χ1n) is 9.16. The van der Waals surface area contributed by atoms with Gasteiger partial charge in [0.15, 0.2) is 9.84 Å². The van der Waals surface area contributed by atoms with E-state index in [4.69, 9.17) is 0 Å². The molecule has 154 valence electrons. The summed E-state index contributed by atoms with van der Waals surface area (Å²) in [6.07, 6.45) is 0.650. The minimum atomic E-state index is -3.68. The Morgan fingerprint density at radius 3 is 2.37 bits per heavy atom. The molecule has 2 aliphatic rings. The molecule has 9 nitrogen and oxygen atoms in total. The molecule has 0 spiro atoms. The fourth-order valence-electron chi connectivity index (χ4n) is 3.57. The van der Waals surface area contributed by atoms with Gasteiger partial charge in [-0.15, -0.1) is 0 Å². The molecule has 3 amide bonds. The van der Waals surface area contributed by atoms with Crippen molar-refractivity contribution >= 4 is 27.6 Å². The van der Waals surface area contributed by atoms with Crippen LogP contribution in [0, 0.1) is 5.92 Å². The van der Waals surface area contributed by atoms with E-state index in [1.54, 1.807) is 0 Å². The molecule has 2 aliphatic heterocycles. The highest BCUT2D eigenvalue weighted by atomic mass is 32.2. The largest absolute Gasteiger partial charge is 0.394 e. The number of nitrogens with one attached hydrogen (secondary N) is 2. The fraction of sp³-hybridized carbons (Fsp3) is 0.824. The Bertz CT molecular complexity index is 735. The summed E-state index contributed by atoms with van der Waals surface area (Å²) >= 11 is 0. The normalized spacial score (nSPS) is 28.5. The number of nitrogens with zero attached hydrogens (tertiary/aromatic N) is 1. The van der Waals surface area contributed by atoms with E-state index in [2.05, 4.69) is 10.6 Å². The zero-order valence-corrected chi connectivity index (χ0v) is 17.2. The number of amides is 3. The van der Waals surface area contributed by atoms with Crippen LogP contribution >= 0.6 is 0 Å². The second-order valence-electron chi connectivity index (χ2n) is 7.92. The van der Waals surface area contributed by atoms with Gasteiger partial charge in [0.1, 0.15) is 17.5 Å². The minimum absolute atomic E-state index is 0.0558. The van der Waals surface area contributed by atoms with Crippen LogP contribution in [0.25, 0.3) is 0 Å². The third-order valence-corrected chi connectivity index (χ3v) is 8.63. The van der Waals surface area contributed by atoms with Gasteiger partial charge in [-0.25, -0.2) is 8.42 Å². The lowest BCUT2D eigenvalue weighted by Gasteiger charge is -2.37. The number of hydrogen-bond acceptors (Lipinski definition) is 6. The first kappa shape index (κ1) is 21.6. The molecule has 27 heavy (non-hydrogen) atoms. The molecule has 0 aromatic carbocycles. The number of sulfone groups is 1. The summed E-state index contributed by atoms with van der Waals surface area (Å²) in [5.74, 6) is -1.48. The Hall–Kier alpha value is -1.68. The molecule has 2 rings (SSSR count). The lowest BCUT2D eigenvalue weighted by Crippen LogP contribution is -2.61. The lowest BCUT2D eigenvalue weighted by atomic mass is 9.97. The minimum Gasteiger partial charge on any atom is -0.394 e. The van der Waals surface area contributed by atoms with Crippen LogP contribution in [-0.2, 0) is 24.2 Å². The van der Waals surface area contributed by atoms with Gasteiger partial charge < -0.3 is 20.6 Å². The van der Waals surface area contributed by atoms with Crippen molar-refractivity contribution < 1.29 is 27.9 Å². The molecule has 0 aliphatic carbocycles. The quantitative estimate of drug-likeness (QED) is 0.474. The summed E-state index contributed by atoms with van der Waals surface area (Å²) in [6, 6.07) is -2.55. The van der Waals surface area contributed by atoms with Crippen LogP contribution in [0.15, 0.2) is 0 Å². The Morgan fingerprint density at radius 2 is 1.89 bits per heavy atom. The number of hydrogen-bond donors (Lipinski definition) is 3. The average Bonchev–Trinajstić information content (AvgIpc) is 2.72. The van der Waals surface area contributed by atoms with Crippen LogP contribution in [-0.4, -0.2) is 71.0 Å². The standard InChI is InChI=1S/C17H29N3O6S/c1-6-9(2)11(8-21)19-15(23)10(3)18-16(24)14-17(4,5)27(25,26)13-7-12(22)20(13)14/h9-11,13-14,21H,6-8H2,1-5H3,(H,18,24)(H,19,23). The number of aliphatic hydroxyl groups is 1. The van der Waals surface area contributed by atoms with Gasteiger partial charge in [-0.2, -0.15) is 0 Å². The fourth-order valence-corrected chi connectivity index (χ4v) is 5.71. The number of carbonyl (C=O) groups excluding carboxylic acids is 3. The van der Waals surface area contributed by atoms with E-state index in [9.17, 15) is 27.9 Å². The molecule has 2 saturated heterocycles. The molecule has 10 heteroatoms. The van der Waals surface area contributed by atoms with Gasteiger partial charge in [-0.05, 0) is 26.7 Å². The van der Waals surface area contributed by atoms with Crippen LogP contribution in [0.5, 0.6) is 0 Å².